The van der Waals surface area contributed by atoms with E-state index in [1.54, 1.807) is 6.08 Å². The second kappa shape index (κ2) is 3.50. The minimum absolute atomic E-state index is 0. The number of halogens is 1. The molecule has 0 aromatic rings. The molecule has 46 valence electrons. The highest BCUT2D eigenvalue weighted by Gasteiger charge is 1.95. The molecular weight excluding hydrogens is 126 g/mol. The predicted octanol–water partition coefficient (Wildman–Crippen LogP) is 0.484. The standard InChI is InChI=1S/C5H7NO.ClH/c7-5-3-1-2-4-6-5;/h1,3H,2,4H2,(H,6,7);1H. The van der Waals surface area contributed by atoms with Crippen molar-refractivity contribution < 1.29 is 4.79 Å². The summed E-state index contributed by atoms with van der Waals surface area (Å²) < 4.78 is 0. The first-order chi connectivity index (χ1) is 3.39. The first-order valence-electron chi connectivity index (χ1n) is 2.34. The molecule has 0 aromatic carbocycles. The van der Waals surface area contributed by atoms with Crippen LogP contribution in [0.2, 0.25) is 0 Å². The van der Waals surface area contributed by atoms with Crippen molar-refractivity contribution in [3.63, 3.8) is 0 Å². The summed E-state index contributed by atoms with van der Waals surface area (Å²) in [6, 6.07) is 0. The van der Waals surface area contributed by atoms with E-state index in [0.717, 1.165) is 13.0 Å². The number of carbonyl (C=O) groups excluding carboxylic acids is 1. The van der Waals surface area contributed by atoms with Gasteiger partial charge in [-0.3, -0.25) is 4.79 Å². The molecule has 1 aliphatic rings. The quantitative estimate of drug-likeness (QED) is 0.512. The predicted molar refractivity (Wildman–Crippen MR) is 34.0 cm³/mol. The normalized spacial score (nSPS) is 16.8. The monoisotopic (exact) mass is 133 g/mol. The molecule has 0 saturated carbocycles. The van der Waals surface area contributed by atoms with Crippen molar-refractivity contribution in [1.29, 1.82) is 0 Å². The SMILES string of the molecule is Cl.O=C1C=CCCN1. The highest BCUT2D eigenvalue weighted by Crippen LogP contribution is 1.86. The molecule has 0 atom stereocenters. The van der Waals surface area contributed by atoms with Crippen LogP contribution in [0.4, 0.5) is 0 Å². The van der Waals surface area contributed by atoms with E-state index in [9.17, 15) is 4.79 Å². The second-order valence-corrected chi connectivity index (χ2v) is 1.48. The van der Waals surface area contributed by atoms with Gasteiger partial charge in [-0.2, -0.15) is 0 Å². The molecule has 0 unspecified atom stereocenters. The van der Waals surface area contributed by atoms with Crippen molar-refractivity contribution >= 4 is 18.3 Å². The average molecular weight is 134 g/mol. The Kier molecular flexibility index (Phi) is 3.28. The van der Waals surface area contributed by atoms with Crippen molar-refractivity contribution in [1.82, 2.24) is 5.32 Å². The van der Waals surface area contributed by atoms with E-state index in [4.69, 9.17) is 0 Å². The van der Waals surface area contributed by atoms with Crippen LogP contribution in [0.3, 0.4) is 0 Å². The summed E-state index contributed by atoms with van der Waals surface area (Å²) in [5, 5.41) is 2.66. The second-order valence-electron chi connectivity index (χ2n) is 1.48. The van der Waals surface area contributed by atoms with E-state index in [1.165, 1.54) is 0 Å². The van der Waals surface area contributed by atoms with Gasteiger partial charge in [-0.1, -0.05) is 6.08 Å². The zero-order chi connectivity index (χ0) is 5.11. The molecule has 0 aromatic heterocycles. The Morgan fingerprint density at radius 1 is 1.62 bits per heavy atom. The first-order valence-corrected chi connectivity index (χ1v) is 2.34. The van der Waals surface area contributed by atoms with E-state index in [0.29, 0.717) is 0 Å². The Morgan fingerprint density at radius 2 is 2.38 bits per heavy atom. The number of nitrogens with one attached hydrogen (secondary N) is 1. The lowest BCUT2D eigenvalue weighted by atomic mass is 10.3. The summed E-state index contributed by atoms with van der Waals surface area (Å²) in [5.41, 5.74) is 0. The van der Waals surface area contributed by atoms with Crippen LogP contribution >= 0.6 is 12.4 Å². The van der Waals surface area contributed by atoms with Crippen LogP contribution in [0, 0.1) is 0 Å². The molecule has 1 aliphatic heterocycles. The maximum absolute atomic E-state index is 10.3. The summed E-state index contributed by atoms with van der Waals surface area (Å²) in [7, 11) is 0. The minimum atomic E-state index is 0. The highest BCUT2D eigenvalue weighted by atomic mass is 35.5. The molecule has 8 heavy (non-hydrogen) atoms. The summed E-state index contributed by atoms with van der Waals surface area (Å²) in [6.45, 7) is 0.801. The van der Waals surface area contributed by atoms with E-state index in [1.807, 2.05) is 6.08 Å². The maximum Gasteiger partial charge on any atom is 0.243 e. The number of rotatable bonds is 0. The van der Waals surface area contributed by atoms with Crippen LogP contribution < -0.4 is 5.32 Å². The van der Waals surface area contributed by atoms with E-state index in [-0.39, 0.29) is 18.3 Å². The van der Waals surface area contributed by atoms with Crippen molar-refractivity contribution in [3.8, 4) is 0 Å². The van der Waals surface area contributed by atoms with Gasteiger partial charge in [-0.25, -0.2) is 0 Å². The molecule has 0 fully saturated rings. The minimum Gasteiger partial charge on any atom is -0.352 e. The molecular formula is C5H8ClNO. The molecule has 2 nitrogen and oxygen atoms in total. The van der Waals surface area contributed by atoms with Crippen LogP contribution in [0.15, 0.2) is 12.2 Å². The van der Waals surface area contributed by atoms with Crippen molar-refractivity contribution in [3.05, 3.63) is 12.2 Å². The zero-order valence-electron chi connectivity index (χ0n) is 4.39. The van der Waals surface area contributed by atoms with Gasteiger partial charge in [0.05, 0.1) is 0 Å². The van der Waals surface area contributed by atoms with Gasteiger partial charge in [0, 0.05) is 6.54 Å². The molecule has 0 aliphatic carbocycles. The van der Waals surface area contributed by atoms with Crippen LogP contribution in [0.25, 0.3) is 0 Å². The molecule has 3 heteroatoms. The molecule has 0 bridgehead atoms. The Hall–Kier alpha value is -0.500. The third-order valence-electron chi connectivity index (χ3n) is 0.879. The van der Waals surface area contributed by atoms with Gasteiger partial charge in [0.15, 0.2) is 0 Å². The Bertz CT molecular complexity index is 111. The van der Waals surface area contributed by atoms with Gasteiger partial charge in [-0.05, 0) is 12.5 Å². The van der Waals surface area contributed by atoms with Crippen LogP contribution in [0.5, 0.6) is 0 Å². The van der Waals surface area contributed by atoms with E-state index < -0.39 is 0 Å². The molecule has 0 saturated heterocycles. The Labute approximate surface area is 54.4 Å². The van der Waals surface area contributed by atoms with Crippen molar-refractivity contribution in [2.24, 2.45) is 0 Å². The van der Waals surface area contributed by atoms with Gasteiger partial charge in [0.1, 0.15) is 0 Å². The molecule has 1 heterocycles. The number of hydrogen-bond donors (Lipinski definition) is 1. The number of hydrogen-bond acceptors (Lipinski definition) is 1. The zero-order valence-corrected chi connectivity index (χ0v) is 5.20. The fraction of sp³-hybridized carbons (Fsp3) is 0.400. The summed E-state index contributed by atoms with van der Waals surface area (Å²) >= 11 is 0. The largest absolute Gasteiger partial charge is 0.352 e. The number of amides is 1. The summed E-state index contributed by atoms with van der Waals surface area (Å²) in [6.07, 6.45) is 4.41. The van der Waals surface area contributed by atoms with Crippen LogP contribution in [0.1, 0.15) is 6.42 Å². The number of carbonyl (C=O) groups is 1. The highest BCUT2D eigenvalue weighted by molar-refractivity contribution is 5.88. The third-order valence-corrected chi connectivity index (χ3v) is 0.879. The fourth-order valence-corrected chi connectivity index (χ4v) is 0.528. The van der Waals surface area contributed by atoms with Gasteiger partial charge in [0.2, 0.25) is 5.91 Å². The lowest BCUT2D eigenvalue weighted by Crippen LogP contribution is -2.24. The summed E-state index contributed by atoms with van der Waals surface area (Å²) in [5.74, 6) is 0.0336. The molecule has 1 N–H and O–H groups in total. The van der Waals surface area contributed by atoms with Crippen LogP contribution in [-0.4, -0.2) is 12.5 Å². The van der Waals surface area contributed by atoms with E-state index in [2.05, 4.69) is 5.32 Å². The lowest BCUT2D eigenvalue weighted by Gasteiger charge is -2.01. The molecule has 0 spiro atoms. The van der Waals surface area contributed by atoms with E-state index >= 15 is 0 Å². The molecule has 0 radical (unpaired) electrons. The molecule has 1 amide bonds. The van der Waals surface area contributed by atoms with Gasteiger partial charge in [0.25, 0.3) is 0 Å². The van der Waals surface area contributed by atoms with Gasteiger partial charge < -0.3 is 5.32 Å². The van der Waals surface area contributed by atoms with Gasteiger partial charge >= 0.3 is 0 Å². The van der Waals surface area contributed by atoms with Gasteiger partial charge in [-0.15, -0.1) is 12.4 Å². The van der Waals surface area contributed by atoms with Crippen molar-refractivity contribution in [2.45, 2.75) is 6.42 Å². The Morgan fingerprint density at radius 3 is 2.62 bits per heavy atom. The smallest absolute Gasteiger partial charge is 0.243 e. The Balaban J connectivity index is 0.000000490. The average Bonchev–Trinajstić information content (AvgIpc) is 1.69. The lowest BCUT2D eigenvalue weighted by molar-refractivity contribution is -0.116. The van der Waals surface area contributed by atoms with Crippen LogP contribution in [-0.2, 0) is 4.79 Å². The molecule has 1 rings (SSSR count). The van der Waals surface area contributed by atoms with Crippen molar-refractivity contribution in [2.75, 3.05) is 6.54 Å². The summed E-state index contributed by atoms with van der Waals surface area (Å²) in [4.78, 5) is 10.3. The topological polar surface area (TPSA) is 29.1 Å². The maximum atomic E-state index is 10.3. The first kappa shape index (κ1) is 7.50. The fourth-order valence-electron chi connectivity index (χ4n) is 0.528. The third kappa shape index (κ3) is 1.98.